The summed E-state index contributed by atoms with van der Waals surface area (Å²) in [6.07, 6.45) is -0.0463. The number of rotatable bonds is 7. The molecule has 1 unspecified atom stereocenters. The van der Waals surface area contributed by atoms with E-state index in [9.17, 15) is 14.7 Å². The monoisotopic (exact) mass is 485 g/mol. The van der Waals surface area contributed by atoms with Crippen LogP contribution in [0, 0.1) is 6.92 Å². The largest absolute Gasteiger partial charge is 0.507 e. The van der Waals surface area contributed by atoms with Crippen LogP contribution in [0.2, 0.25) is 0 Å². The van der Waals surface area contributed by atoms with Crippen molar-refractivity contribution in [3.63, 3.8) is 0 Å². The summed E-state index contributed by atoms with van der Waals surface area (Å²) in [6, 6.07) is 20.7. The van der Waals surface area contributed by atoms with Crippen molar-refractivity contribution in [2.45, 2.75) is 52.9 Å². The molecule has 3 aromatic rings. The Bertz CT molecular complexity index is 1310. The van der Waals surface area contributed by atoms with Crippen molar-refractivity contribution in [2.24, 2.45) is 0 Å². The molecule has 3 aromatic carbocycles. The van der Waals surface area contributed by atoms with Gasteiger partial charge in [-0.2, -0.15) is 0 Å². The van der Waals surface area contributed by atoms with Crippen LogP contribution in [0.1, 0.15) is 50.4 Å². The van der Waals surface area contributed by atoms with Crippen LogP contribution in [0.25, 0.3) is 5.76 Å². The number of benzene rings is 3. The Labute approximate surface area is 211 Å². The molecule has 0 radical (unpaired) electrons. The minimum atomic E-state index is -0.824. The second kappa shape index (κ2) is 10.3. The van der Waals surface area contributed by atoms with Gasteiger partial charge < -0.3 is 14.6 Å². The predicted octanol–water partition coefficient (Wildman–Crippen LogP) is 6.20. The first-order valence-electron chi connectivity index (χ1n) is 12.1. The third-order valence-electron chi connectivity index (χ3n) is 5.84. The standard InChI is InChI=1S/C30H31NO5/c1-18(2)35-24-13-9-10-21(17-24)27-26(29(33)30(34)31(27)23-11-7-6-8-12-23)28(32)22-14-15-25(20(5)16-22)36-19(3)4/h6-19,27,32H,1-5H3/b28-26+. The van der Waals surface area contributed by atoms with E-state index in [1.807, 2.05) is 65.0 Å². The van der Waals surface area contributed by atoms with Gasteiger partial charge in [0.2, 0.25) is 0 Å². The molecule has 0 aromatic heterocycles. The molecule has 4 rings (SSSR count). The van der Waals surface area contributed by atoms with Gasteiger partial charge in [-0.3, -0.25) is 14.5 Å². The number of amides is 1. The average Bonchev–Trinajstić information content (AvgIpc) is 3.10. The Morgan fingerprint density at radius 3 is 2.19 bits per heavy atom. The molecule has 1 atom stereocenters. The number of aliphatic hydroxyl groups is 1. The molecule has 1 heterocycles. The van der Waals surface area contributed by atoms with E-state index in [4.69, 9.17) is 9.47 Å². The SMILES string of the molecule is Cc1cc(/C(O)=C2\C(=O)C(=O)N(c3ccccc3)C2c2cccc(OC(C)C)c2)ccc1OC(C)C. The number of hydrogen-bond donors (Lipinski definition) is 1. The topological polar surface area (TPSA) is 76.1 Å². The predicted molar refractivity (Wildman–Crippen MR) is 140 cm³/mol. The highest BCUT2D eigenvalue weighted by atomic mass is 16.5. The maximum absolute atomic E-state index is 13.4. The highest BCUT2D eigenvalue weighted by molar-refractivity contribution is 6.51. The summed E-state index contributed by atoms with van der Waals surface area (Å²) in [7, 11) is 0. The van der Waals surface area contributed by atoms with Crippen LogP contribution in [0.15, 0.2) is 78.4 Å². The lowest BCUT2D eigenvalue weighted by atomic mass is 9.94. The fourth-order valence-electron chi connectivity index (χ4n) is 4.37. The molecule has 0 saturated carbocycles. The molecule has 6 nitrogen and oxygen atoms in total. The lowest BCUT2D eigenvalue weighted by Crippen LogP contribution is -2.29. The number of Topliss-reactive ketones (excluding diaryl/α,β-unsaturated/α-hetero) is 1. The summed E-state index contributed by atoms with van der Waals surface area (Å²) in [5.74, 6) is -0.351. The number of carbonyl (C=O) groups is 2. The Morgan fingerprint density at radius 1 is 0.861 bits per heavy atom. The van der Waals surface area contributed by atoms with E-state index in [1.165, 1.54) is 4.90 Å². The van der Waals surface area contributed by atoms with Gasteiger partial charge in [0.25, 0.3) is 11.7 Å². The van der Waals surface area contributed by atoms with E-state index in [1.54, 1.807) is 42.5 Å². The first-order chi connectivity index (χ1) is 17.2. The maximum Gasteiger partial charge on any atom is 0.300 e. The number of para-hydroxylation sites is 1. The Kier molecular flexibility index (Phi) is 7.15. The summed E-state index contributed by atoms with van der Waals surface area (Å²) >= 11 is 0. The molecule has 1 N–H and O–H groups in total. The Morgan fingerprint density at radius 2 is 1.56 bits per heavy atom. The van der Waals surface area contributed by atoms with E-state index >= 15 is 0 Å². The number of nitrogens with zero attached hydrogens (tertiary/aromatic N) is 1. The molecule has 1 saturated heterocycles. The van der Waals surface area contributed by atoms with Gasteiger partial charge in [0, 0.05) is 11.3 Å². The van der Waals surface area contributed by atoms with E-state index in [2.05, 4.69) is 0 Å². The van der Waals surface area contributed by atoms with Gasteiger partial charge >= 0.3 is 0 Å². The number of aryl methyl sites for hydroxylation is 1. The maximum atomic E-state index is 13.4. The summed E-state index contributed by atoms with van der Waals surface area (Å²) in [6.45, 7) is 9.61. The van der Waals surface area contributed by atoms with Gasteiger partial charge in [0.05, 0.1) is 23.8 Å². The van der Waals surface area contributed by atoms with Crippen LogP contribution in [0.3, 0.4) is 0 Å². The molecule has 1 fully saturated rings. The Balaban J connectivity index is 1.89. The summed E-state index contributed by atoms with van der Waals surface area (Å²) in [5, 5.41) is 11.4. The van der Waals surface area contributed by atoms with Crippen LogP contribution in [-0.4, -0.2) is 29.0 Å². The summed E-state index contributed by atoms with van der Waals surface area (Å²) < 4.78 is 11.7. The second-order valence-electron chi connectivity index (χ2n) is 9.39. The third kappa shape index (κ3) is 4.98. The molecule has 0 bridgehead atoms. The van der Waals surface area contributed by atoms with Crippen molar-refractivity contribution in [1.82, 2.24) is 0 Å². The molecular formula is C30H31NO5. The minimum absolute atomic E-state index is 0.000298. The molecule has 1 aliphatic rings. The molecule has 1 aliphatic heterocycles. The fourth-order valence-corrected chi connectivity index (χ4v) is 4.37. The van der Waals surface area contributed by atoms with Crippen LogP contribution in [0.5, 0.6) is 11.5 Å². The van der Waals surface area contributed by atoms with Crippen molar-refractivity contribution in [1.29, 1.82) is 0 Å². The summed E-state index contributed by atoms with van der Waals surface area (Å²) in [5.41, 5.74) is 2.51. The number of hydrogen-bond acceptors (Lipinski definition) is 5. The van der Waals surface area contributed by atoms with Crippen molar-refractivity contribution in [3.05, 3.63) is 95.1 Å². The number of ketones is 1. The van der Waals surface area contributed by atoms with E-state index < -0.39 is 17.7 Å². The number of anilines is 1. The third-order valence-corrected chi connectivity index (χ3v) is 5.84. The lowest BCUT2D eigenvalue weighted by Gasteiger charge is -2.26. The Hall–Kier alpha value is -4.06. The molecule has 0 spiro atoms. The van der Waals surface area contributed by atoms with Gasteiger partial charge in [-0.05, 0) is 88.2 Å². The minimum Gasteiger partial charge on any atom is -0.507 e. The van der Waals surface area contributed by atoms with Crippen LogP contribution in [0.4, 0.5) is 5.69 Å². The molecule has 36 heavy (non-hydrogen) atoms. The average molecular weight is 486 g/mol. The van der Waals surface area contributed by atoms with Gasteiger partial charge in [0.15, 0.2) is 0 Å². The number of aliphatic hydroxyl groups excluding tert-OH is 1. The van der Waals surface area contributed by atoms with Gasteiger partial charge in [-0.1, -0.05) is 30.3 Å². The van der Waals surface area contributed by atoms with Crippen LogP contribution >= 0.6 is 0 Å². The van der Waals surface area contributed by atoms with Gasteiger partial charge in [-0.15, -0.1) is 0 Å². The smallest absolute Gasteiger partial charge is 0.300 e. The molecule has 186 valence electrons. The zero-order valence-corrected chi connectivity index (χ0v) is 21.2. The normalized spacial score (nSPS) is 17.2. The molecule has 0 aliphatic carbocycles. The van der Waals surface area contributed by atoms with E-state index in [0.29, 0.717) is 28.3 Å². The van der Waals surface area contributed by atoms with Gasteiger partial charge in [0.1, 0.15) is 17.3 Å². The lowest BCUT2D eigenvalue weighted by molar-refractivity contribution is -0.132. The van der Waals surface area contributed by atoms with Crippen molar-refractivity contribution >= 4 is 23.1 Å². The van der Waals surface area contributed by atoms with Crippen molar-refractivity contribution in [3.8, 4) is 11.5 Å². The molecular weight excluding hydrogens is 454 g/mol. The van der Waals surface area contributed by atoms with Gasteiger partial charge in [-0.25, -0.2) is 0 Å². The van der Waals surface area contributed by atoms with Crippen LogP contribution < -0.4 is 14.4 Å². The summed E-state index contributed by atoms with van der Waals surface area (Å²) in [4.78, 5) is 28.1. The number of ether oxygens (including phenoxy) is 2. The van der Waals surface area contributed by atoms with Crippen molar-refractivity contribution < 1.29 is 24.2 Å². The first kappa shape index (κ1) is 25.0. The quantitative estimate of drug-likeness (QED) is 0.245. The molecule has 1 amide bonds. The molecule has 6 heteroatoms. The number of carbonyl (C=O) groups excluding carboxylic acids is 2. The highest BCUT2D eigenvalue weighted by Gasteiger charge is 2.47. The van der Waals surface area contributed by atoms with Crippen molar-refractivity contribution in [2.75, 3.05) is 4.90 Å². The zero-order valence-electron chi connectivity index (χ0n) is 21.2. The second-order valence-corrected chi connectivity index (χ2v) is 9.39. The zero-order chi connectivity index (χ0) is 26.0. The first-order valence-corrected chi connectivity index (χ1v) is 12.1. The fraction of sp³-hybridized carbons (Fsp3) is 0.267. The van der Waals surface area contributed by atoms with Crippen LogP contribution in [-0.2, 0) is 9.59 Å². The van der Waals surface area contributed by atoms with E-state index in [0.717, 1.165) is 5.56 Å². The highest BCUT2D eigenvalue weighted by Crippen LogP contribution is 2.43. The van der Waals surface area contributed by atoms with E-state index in [-0.39, 0.29) is 23.5 Å².